The molecule has 4 rings (SSSR count). The van der Waals surface area contributed by atoms with E-state index in [1.807, 2.05) is 32.3 Å². The van der Waals surface area contributed by atoms with Gasteiger partial charge >= 0.3 is 0 Å². The van der Waals surface area contributed by atoms with Crippen molar-refractivity contribution in [1.29, 1.82) is 0 Å². The van der Waals surface area contributed by atoms with Gasteiger partial charge in [0.25, 0.3) is 0 Å². The Morgan fingerprint density at radius 3 is 2.68 bits per heavy atom. The monoisotopic (exact) mass is 461 g/mol. The normalized spacial score (nSPS) is 15.1. The highest BCUT2D eigenvalue weighted by molar-refractivity contribution is 6.42. The van der Waals surface area contributed by atoms with Crippen molar-refractivity contribution < 1.29 is 9.26 Å². The first-order chi connectivity index (χ1) is 15.0. The summed E-state index contributed by atoms with van der Waals surface area (Å²) in [5, 5.41) is 10.0. The molecule has 5 nitrogen and oxygen atoms in total. The van der Waals surface area contributed by atoms with E-state index in [9.17, 15) is 0 Å². The van der Waals surface area contributed by atoms with Crippen molar-refractivity contribution >= 4 is 34.2 Å². The molecule has 166 valence electrons. The largest absolute Gasteiger partial charge is 0.488 e. The highest BCUT2D eigenvalue weighted by Crippen LogP contribution is 2.33. The van der Waals surface area contributed by atoms with Gasteiger partial charge in [-0.2, -0.15) is 0 Å². The molecule has 7 heteroatoms. The summed E-state index contributed by atoms with van der Waals surface area (Å²) in [7, 11) is 4.08. The summed E-state index contributed by atoms with van der Waals surface area (Å²) < 4.78 is 12.0. The van der Waals surface area contributed by atoms with E-state index >= 15 is 0 Å². The van der Waals surface area contributed by atoms with E-state index in [0.717, 1.165) is 65.4 Å². The zero-order valence-corrected chi connectivity index (χ0v) is 19.6. The molecule has 0 atom stereocenters. The first kappa shape index (κ1) is 22.4. The van der Waals surface area contributed by atoms with Gasteiger partial charge in [-0.05, 0) is 88.6 Å². The van der Waals surface area contributed by atoms with Crippen LogP contribution in [0.1, 0.15) is 36.1 Å². The standard InChI is InChI=1S/C24H29Cl2N3O2/c1-29(2)14-19-23(30-15-17-3-6-20(25)21(26)13-17)8-5-18-22(28-31-24(18)19)7-4-16-9-11-27-12-10-16/h3,5-6,8,13,16,27H,4,7,9-12,14-15H2,1-2H3. The van der Waals surface area contributed by atoms with E-state index in [1.54, 1.807) is 6.07 Å². The average Bonchev–Trinajstić information content (AvgIpc) is 3.18. The molecule has 3 aromatic rings. The van der Waals surface area contributed by atoms with Crippen LogP contribution in [0.3, 0.4) is 0 Å². The zero-order chi connectivity index (χ0) is 21.8. The van der Waals surface area contributed by atoms with Gasteiger partial charge in [-0.1, -0.05) is 34.4 Å². The van der Waals surface area contributed by atoms with E-state index in [-0.39, 0.29) is 0 Å². The number of aromatic nitrogens is 1. The molecule has 1 fully saturated rings. The molecule has 1 N–H and O–H groups in total. The first-order valence-electron chi connectivity index (χ1n) is 10.8. The van der Waals surface area contributed by atoms with Crippen LogP contribution >= 0.6 is 23.2 Å². The summed E-state index contributed by atoms with van der Waals surface area (Å²) in [4.78, 5) is 2.11. The number of hydrogen-bond donors (Lipinski definition) is 1. The molecule has 0 aliphatic carbocycles. The molecule has 1 aliphatic rings. The molecule has 1 aliphatic heterocycles. The fraction of sp³-hybridized carbons (Fsp3) is 0.458. The minimum absolute atomic E-state index is 0.402. The summed E-state index contributed by atoms with van der Waals surface area (Å²) in [6.07, 6.45) is 4.59. The molecule has 1 aromatic heterocycles. The summed E-state index contributed by atoms with van der Waals surface area (Å²) >= 11 is 12.2. The van der Waals surface area contributed by atoms with Gasteiger partial charge in [0.15, 0.2) is 5.58 Å². The molecule has 0 amide bonds. The van der Waals surface area contributed by atoms with E-state index in [2.05, 4.69) is 21.4 Å². The summed E-state index contributed by atoms with van der Waals surface area (Å²) in [6.45, 7) is 3.35. The number of nitrogens with one attached hydrogen (secondary N) is 1. The number of hydrogen-bond acceptors (Lipinski definition) is 5. The van der Waals surface area contributed by atoms with Crippen LogP contribution in [-0.4, -0.2) is 37.2 Å². The molecule has 31 heavy (non-hydrogen) atoms. The lowest BCUT2D eigenvalue weighted by Gasteiger charge is -2.21. The zero-order valence-electron chi connectivity index (χ0n) is 18.1. The van der Waals surface area contributed by atoms with Crippen molar-refractivity contribution in [3.8, 4) is 5.75 Å². The third-order valence-electron chi connectivity index (χ3n) is 5.88. The summed E-state index contributed by atoms with van der Waals surface area (Å²) in [5.41, 5.74) is 3.85. The molecular weight excluding hydrogens is 433 g/mol. The van der Waals surface area contributed by atoms with Gasteiger partial charge in [0, 0.05) is 11.9 Å². The van der Waals surface area contributed by atoms with Crippen LogP contribution in [0, 0.1) is 5.92 Å². The number of fused-ring (bicyclic) bond motifs is 1. The van der Waals surface area contributed by atoms with Crippen LogP contribution in [0.4, 0.5) is 0 Å². The van der Waals surface area contributed by atoms with Crippen molar-refractivity contribution in [2.45, 2.75) is 38.8 Å². The van der Waals surface area contributed by atoms with E-state index in [1.165, 1.54) is 12.8 Å². The van der Waals surface area contributed by atoms with Crippen LogP contribution < -0.4 is 10.1 Å². The summed E-state index contributed by atoms with van der Waals surface area (Å²) in [6, 6.07) is 9.65. The highest BCUT2D eigenvalue weighted by atomic mass is 35.5. The number of benzene rings is 2. The van der Waals surface area contributed by atoms with Crippen molar-refractivity contribution in [2.75, 3.05) is 27.2 Å². The van der Waals surface area contributed by atoms with Gasteiger partial charge in [-0.15, -0.1) is 0 Å². The van der Waals surface area contributed by atoms with Crippen molar-refractivity contribution in [3.05, 3.63) is 57.2 Å². The van der Waals surface area contributed by atoms with Crippen LogP contribution in [0.2, 0.25) is 10.0 Å². The van der Waals surface area contributed by atoms with E-state index in [4.69, 9.17) is 32.5 Å². The minimum Gasteiger partial charge on any atom is -0.488 e. The lowest BCUT2D eigenvalue weighted by molar-refractivity contribution is 0.294. The Hall–Kier alpha value is -1.79. The predicted octanol–water partition coefficient (Wildman–Crippen LogP) is 5.71. The topological polar surface area (TPSA) is 50.5 Å². The van der Waals surface area contributed by atoms with Gasteiger partial charge in [-0.3, -0.25) is 0 Å². The smallest absolute Gasteiger partial charge is 0.175 e. The van der Waals surface area contributed by atoms with Crippen molar-refractivity contribution in [1.82, 2.24) is 15.4 Å². The van der Waals surface area contributed by atoms with Crippen LogP contribution in [0.25, 0.3) is 11.0 Å². The molecule has 2 aromatic carbocycles. The third kappa shape index (κ3) is 5.53. The minimum atomic E-state index is 0.402. The Kier molecular flexibility index (Phi) is 7.39. The number of aryl methyl sites for hydroxylation is 1. The summed E-state index contributed by atoms with van der Waals surface area (Å²) in [5.74, 6) is 1.57. The molecule has 0 bridgehead atoms. The van der Waals surface area contributed by atoms with Crippen LogP contribution in [-0.2, 0) is 19.6 Å². The molecule has 0 spiro atoms. The Morgan fingerprint density at radius 2 is 1.94 bits per heavy atom. The average molecular weight is 462 g/mol. The maximum absolute atomic E-state index is 6.17. The molecule has 0 radical (unpaired) electrons. The second kappa shape index (κ2) is 10.2. The Labute approximate surface area is 193 Å². The second-order valence-electron chi connectivity index (χ2n) is 8.56. The molecule has 0 unspecified atom stereocenters. The quantitative estimate of drug-likeness (QED) is 0.465. The molecular formula is C24H29Cl2N3O2. The number of ether oxygens (including phenoxy) is 1. The maximum Gasteiger partial charge on any atom is 0.175 e. The second-order valence-corrected chi connectivity index (χ2v) is 9.37. The SMILES string of the molecule is CN(C)Cc1c(OCc2ccc(Cl)c(Cl)c2)ccc2c(CCC3CCNCC3)noc12. The molecule has 2 heterocycles. The Morgan fingerprint density at radius 1 is 1.13 bits per heavy atom. The van der Waals surface area contributed by atoms with Gasteiger partial charge in [0.05, 0.1) is 21.3 Å². The van der Waals surface area contributed by atoms with Gasteiger partial charge in [0.1, 0.15) is 12.4 Å². The highest BCUT2D eigenvalue weighted by Gasteiger charge is 2.19. The molecule has 1 saturated heterocycles. The fourth-order valence-electron chi connectivity index (χ4n) is 4.17. The Bertz CT molecular complexity index is 1030. The molecule has 0 saturated carbocycles. The lowest BCUT2D eigenvalue weighted by atomic mass is 9.92. The van der Waals surface area contributed by atoms with Crippen molar-refractivity contribution in [3.63, 3.8) is 0 Å². The van der Waals surface area contributed by atoms with Crippen LogP contribution in [0.15, 0.2) is 34.9 Å². The number of halogens is 2. The van der Waals surface area contributed by atoms with Gasteiger partial charge < -0.3 is 19.5 Å². The van der Waals surface area contributed by atoms with E-state index < -0.39 is 0 Å². The van der Waals surface area contributed by atoms with E-state index in [0.29, 0.717) is 23.2 Å². The van der Waals surface area contributed by atoms with Gasteiger partial charge in [-0.25, -0.2) is 0 Å². The lowest BCUT2D eigenvalue weighted by Crippen LogP contribution is -2.27. The maximum atomic E-state index is 6.17. The number of piperidine rings is 1. The third-order valence-corrected chi connectivity index (χ3v) is 6.62. The Balaban J connectivity index is 1.54. The number of nitrogens with zero attached hydrogens (tertiary/aromatic N) is 2. The van der Waals surface area contributed by atoms with Gasteiger partial charge in [0.2, 0.25) is 0 Å². The first-order valence-corrected chi connectivity index (χ1v) is 11.6. The van der Waals surface area contributed by atoms with Crippen molar-refractivity contribution in [2.24, 2.45) is 5.92 Å². The van der Waals surface area contributed by atoms with Crippen LogP contribution in [0.5, 0.6) is 5.75 Å². The predicted molar refractivity (Wildman–Crippen MR) is 126 cm³/mol. The fourth-order valence-corrected chi connectivity index (χ4v) is 4.50. The number of rotatable bonds is 8.